The smallest absolute Gasteiger partial charge is 0.139 e. The van der Waals surface area contributed by atoms with E-state index in [0.29, 0.717) is 5.92 Å². The van der Waals surface area contributed by atoms with E-state index in [4.69, 9.17) is 0 Å². The van der Waals surface area contributed by atoms with E-state index in [-0.39, 0.29) is 12.6 Å². The molecule has 5 heteroatoms. The van der Waals surface area contributed by atoms with Gasteiger partial charge in [0.2, 0.25) is 0 Å². The number of fused-ring (bicyclic) bond motifs is 1. The first kappa shape index (κ1) is 15.2. The third kappa shape index (κ3) is 3.27. The molecular formula is C15H23N3OS. The lowest BCUT2D eigenvalue weighted by molar-refractivity contribution is 0.271. The van der Waals surface area contributed by atoms with Crippen LogP contribution >= 0.6 is 11.3 Å². The number of nitrogens with zero attached hydrogens (tertiary/aromatic N) is 2. The minimum absolute atomic E-state index is 0.0410. The molecule has 0 spiro atoms. The van der Waals surface area contributed by atoms with Crippen LogP contribution in [0.2, 0.25) is 0 Å². The van der Waals surface area contributed by atoms with Crippen LogP contribution in [0.4, 0.5) is 5.82 Å². The highest BCUT2D eigenvalue weighted by Crippen LogP contribution is 2.32. The summed E-state index contributed by atoms with van der Waals surface area (Å²) in [6.45, 7) is 8.52. The Morgan fingerprint density at radius 3 is 2.70 bits per heavy atom. The van der Waals surface area contributed by atoms with Crippen molar-refractivity contribution < 1.29 is 5.11 Å². The van der Waals surface area contributed by atoms with Crippen molar-refractivity contribution in [2.24, 2.45) is 5.92 Å². The van der Waals surface area contributed by atoms with E-state index in [0.717, 1.165) is 34.7 Å². The molecule has 2 aromatic heterocycles. The lowest BCUT2D eigenvalue weighted by Gasteiger charge is -2.16. The number of aliphatic hydroxyl groups excluding tert-OH is 1. The molecule has 0 bridgehead atoms. The summed E-state index contributed by atoms with van der Waals surface area (Å²) in [6.07, 6.45) is 1.89. The SMILES string of the molecule is CCC(CO)Nc1nc(C)nc2scc(CC(C)C)c12. The van der Waals surface area contributed by atoms with Crippen molar-refractivity contribution in [3.8, 4) is 0 Å². The fourth-order valence-electron chi connectivity index (χ4n) is 2.27. The predicted molar refractivity (Wildman–Crippen MR) is 85.5 cm³/mol. The van der Waals surface area contributed by atoms with E-state index in [1.165, 1.54) is 5.56 Å². The molecular weight excluding hydrogens is 270 g/mol. The molecule has 0 saturated carbocycles. The minimum Gasteiger partial charge on any atom is -0.394 e. The number of aliphatic hydroxyl groups is 1. The van der Waals surface area contributed by atoms with Crippen LogP contribution in [0.1, 0.15) is 38.6 Å². The minimum atomic E-state index is 0.0410. The van der Waals surface area contributed by atoms with E-state index in [9.17, 15) is 5.11 Å². The van der Waals surface area contributed by atoms with Gasteiger partial charge in [0, 0.05) is 0 Å². The fourth-order valence-corrected chi connectivity index (χ4v) is 3.27. The number of hydrogen-bond donors (Lipinski definition) is 2. The number of aromatic nitrogens is 2. The normalized spacial score (nSPS) is 13.1. The highest BCUT2D eigenvalue weighted by Gasteiger charge is 2.15. The quantitative estimate of drug-likeness (QED) is 0.857. The number of rotatable bonds is 6. The summed E-state index contributed by atoms with van der Waals surface area (Å²) < 4.78 is 0. The van der Waals surface area contributed by atoms with Gasteiger partial charge in [-0.25, -0.2) is 9.97 Å². The molecule has 0 aromatic carbocycles. The maximum Gasteiger partial charge on any atom is 0.139 e. The zero-order valence-corrected chi connectivity index (χ0v) is 13.4. The first-order valence-corrected chi connectivity index (χ1v) is 8.05. The number of nitrogens with one attached hydrogen (secondary N) is 1. The lowest BCUT2D eigenvalue weighted by Crippen LogP contribution is -2.23. The summed E-state index contributed by atoms with van der Waals surface area (Å²) in [5.41, 5.74) is 1.30. The van der Waals surface area contributed by atoms with Gasteiger partial charge in [0.1, 0.15) is 16.5 Å². The van der Waals surface area contributed by atoms with Gasteiger partial charge in [0.15, 0.2) is 0 Å². The molecule has 0 amide bonds. The molecule has 20 heavy (non-hydrogen) atoms. The first-order valence-electron chi connectivity index (χ1n) is 7.17. The second-order valence-corrected chi connectivity index (χ2v) is 6.45. The molecule has 2 N–H and O–H groups in total. The number of aryl methyl sites for hydroxylation is 1. The van der Waals surface area contributed by atoms with E-state index >= 15 is 0 Å². The van der Waals surface area contributed by atoms with Gasteiger partial charge in [-0.05, 0) is 36.6 Å². The van der Waals surface area contributed by atoms with Gasteiger partial charge in [0.05, 0.1) is 18.0 Å². The predicted octanol–water partition coefficient (Wildman–Crippen LogP) is 3.38. The van der Waals surface area contributed by atoms with Crippen LogP contribution in [0.15, 0.2) is 5.38 Å². The molecule has 0 fully saturated rings. The van der Waals surface area contributed by atoms with Crippen molar-refractivity contribution in [3.05, 3.63) is 16.8 Å². The summed E-state index contributed by atoms with van der Waals surface area (Å²) in [7, 11) is 0. The third-order valence-electron chi connectivity index (χ3n) is 3.30. The maximum atomic E-state index is 9.39. The van der Waals surface area contributed by atoms with Crippen LogP contribution in [0.3, 0.4) is 0 Å². The Kier molecular flexibility index (Phi) is 4.94. The lowest BCUT2D eigenvalue weighted by atomic mass is 10.0. The van der Waals surface area contributed by atoms with Crippen LogP contribution in [0.25, 0.3) is 10.2 Å². The number of hydrogen-bond acceptors (Lipinski definition) is 5. The zero-order valence-electron chi connectivity index (χ0n) is 12.6. The monoisotopic (exact) mass is 293 g/mol. The summed E-state index contributed by atoms with van der Waals surface area (Å²) in [4.78, 5) is 10.1. The van der Waals surface area contributed by atoms with Crippen LogP contribution in [0.5, 0.6) is 0 Å². The van der Waals surface area contributed by atoms with E-state index in [1.54, 1.807) is 11.3 Å². The van der Waals surface area contributed by atoms with Gasteiger partial charge in [-0.2, -0.15) is 0 Å². The molecule has 4 nitrogen and oxygen atoms in total. The standard InChI is InChI=1S/C15H23N3OS/c1-5-12(7-19)18-14-13-11(6-9(2)3)8-20-15(13)17-10(4)16-14/h8-9,12,19H,5-7H2,1-4H3,(H,16,17,18). The van der Waals surface area contributed by atoms with Gasteiger partial charge >= 0.3 is 0 Å². The zero-order chi connectivity index (χ0) is 14.7. The van der Waals surface area contributed by atoms with Crippen molar-refractivity contribution in [1.82, 2.24) is 9.97 Å². The fraction of sp³-hybridized carbons (Fsp3) is 0.600. The summed E-state index contributed by atoms with van der Waals surface area (Å²) in [6, 6.07) is 0.0410. The molecule has 110 valence electrons. The molecule has 2 rings (SSSR count). The van der Waals surface area contributed by atoms with Crippen LogP contribution in [-0.4, -0.2) is 27.7 Å². The molecule has 0 aliphatic heterocycles. The van der Waals surface area contributed by atoms with Crippen LogP contribution in [-0.2, 0) is 6.42 Å². The summed E-state index contributed by atoms with van der Waals surface area (Å²) in [5, 5.41) is 16.1. The van der Waals surface area contributed by atoms with Crippen molar-refractivity contribution in [1.29, 1.82) is 0 Å². The van der Waals surface area contributed by atoms with Gasteiger partial charge in [0.25, 0.3) is 0 Å². The Bertz CT molecular complexity index is 576. The topological polar surface area (TPSA) is 58.0 Å². The second-order valence-electron chi connectivity index (χ2n) is 5.59. The van der Waals surface area contributed by atoms with Crippen molar-refractivity contribution in [2.75, 3.05) is 11.9 Å². The van der Waals surface area contributed by atoms with Gasteiger partial charge in [-0.3, -0.25) is 0 Å². The van der Waals surface area contributed by atoms with Crippen molar-refractivity contribution >= 4 is 27.4 Å². The van der Waals surface area contributed by atoms with Gasteiger partial charge < -0.3 is 10.4 Å². The maximum absolute atomic E-state index is 9.39. The molecule has 2 heterocycles. The van der Waals surface area contributed by atoms with Crippen molar-refractivity contribution in [2.45, 2.75) is 46.6 Å². The highest BCUT2D eigenvalue weighted by atomic mass is 32.1. The van der Waals surface area contributed by atoms with E-state index < -0.39 is 0 Å². The summed E-state index contributed by atoms with van der Waals surface area (Å²) >= 11 is 1.67. The van der Waals surface area contributed by atoms with Crippen molar-refractivity contribution in [3.63, 3.8) is 0 Å². The molecule has 0 saturated heterocycles. The molecule has 1 atom stereocenters. The van der Waals surface area contributed by atoms with E-state index in [1.807, 2.05) is 6.92 Å². The average molecular weight is 293 g/mol. The Morgan fingerprint density at radius 2 is 2.10 bits per heavy atom. The molecule has 0 aliphatic rings. The first-order chi connectivity index (χ1) is 9.55. The third-order valence-corrected chi connectivity index (χ3v) is 4.22. The Labute approximate surface area is 124 Å². The van der Waals surface area contributed by atoms with Crippen LogP contribution in [0, 0.1) is 12.8 Å². The Hall–Kier alpha value is -1.20. The average Bonchev–Trinajstić information content (AvgIpc) is 2.77. The molecule has 0 aliphatic carbocycles. The van der Waals surface area contributed by atoms with E-state index in [2.05, 4.69) is 41.4 Å². The van der Waals surface area contributed by atoms with Crippen LogP contribution < -0.4 is 5.32 Å². The highest BCUT2D eigenvalue weighted by molar-refractivity contribution is 7.17. The molecule has 1 unspecified atom stereocenters. The number of anilines is 1. The second kappa shape index (κ2) is 6.50. The van der Waals surface area contributed by atoms with Gasteiger partial charge in [-0.15, -0.1) is 11.3 Å². The Balaban J connectivity index is 2.47. The Morgan fingerprint density at radius 1 is 1.35 bits per heavy atom. The van der Waals surface area contributed by atoms with Gasteiger partial charge in [-0.1, -0.05) is 20.8 Å². The largest absolute Gasteiger partial charge is 0.394 e. The molecule has 0 radical (unpaired) electrons. The summed E-state index contributed by atoms with van der Waals surface area (Å²) in [5.74, 6) is 2.23. The number of thiophene rings is 1. The molecule has 2 aromatic rings.